The summed E-state index contributed by atoms with van der Waals surface area (Å²) in [5.41, 5.74) is 4.31. The Hall–Kier alpha value is -1.86. The van der Waals surface area contributed by atoms with E-state index in [0.29, 0.717) is 21.7 Å². The third kappa shape index (κ3) is 5.58. The summed E-state index contributed by atoms with van der Waals surface area (Å²) < 4.78 is 1.06. The lowest BCUT2D eigenvalue weighted by Gasteiger charge is -2.26. The lowest BCUT2D eigenvalue weighted by atomic mass is 10.2. The van der Waals surface area contributed by atoms with Gasteiger partial charge in [-0.15, -0.1) is 25.3 Å². The summed E-state index contributed by atoms with van der Waals surface area (Å²) >= 11 is 19.5. The summed E-state index contributed by atoms with van der Waals surface area (Å²) in [5, 5.41) is 0. The fourth-order valence-electron chi connectivity index (χ4n) is 2.88. The van der Waals surface area contributed by atoms with Crippen molar-refractivity contribution in [2.24, 2.45) is 0 Å². The monoisotopic (exact) mass is 440 g/mol. The number of thiol groups is 2. The van der Waals surface area contributed by atoms with Gasteiger partial charge in [-0.1, -0.05) is 85.1 Å². The predicted octanol–water partition coefficient (Wildman–Crippen LogP) is 6.13. The Balaban J connectivity index is 1.81. The van der Waals surface area contributed by atoms with Crippen molar-refractivity contribution in [1.82, 2.24) is 0 Å². The van der Waals surface area contributed by atoms with Crippen molar-refractivity contribution in [2.45, 2.75) is 13.1 Å². The van der Waals surface area contributed by atoms with Crippen LogP contribution < -0.4 is 9.80 Å². The van der Waals surface area contributed by atoms with Gasteiger partial charge in [-0.25, -0.2) is 0 Å². The molecule has 6 heteroatoms. The van der Waals surface area contributed by atoms with Crippen molar-refractivity contribution in [3.8, 4) is 0 Å². The van der Waals surface area contributed by atoms with Gasteiger partial charge in [-0.3, -0.25) is 0 Å². The fraction of sp³-hybridized carbons (Fsp3) is 0.0909. The van der Waals surface area contributed by atoms with Gasteiger partial charge in [-0.2, -0.15) is 0 Å². The molecule has 0 radical (unpaired) electrons. The molecule has 3 aromatic rings. The molecule has 0 aliphatic heterocycles. The Labute approximate surface area is 188 Å². The second kappa shape index (κ2) is 10.1. The standard InChI is InChI=1S/C22H20N2S4/c25-21(26)23(15-17-7-3-1-4-8-17)19-11-13-20(14-12-19)24(22(27)28)16-18-9-5-2-6-10-18/h1-14H,15-16H2,(H,25,26)(H,27,28). The van der Waals surface area contributed by atoms with Crippen LogP contribution in [0.4, 0.5) is 11.4 Å². The molecule has 3 rings (SSSR count). The molecular formula is C22H20N2S4. The molecule has 28 heavy (non-hydrogen) atoms. The van der Waals surface area contributed by atoms with E-state index in [1.165, 1.54) is 11.1 Å². The zero-order valence-corrected chi connectivity index (χ0v) is 18.5. The number of benzene rings is 3. The molecule has 0 spiro atoms. The van der Waals surface area contributed by atoms with Crippen LogP contribution in [0.3, 0.4) is 0 Å². The Bertz CT molecular complexity index is 849. The van der Waals surface area contributed by atoms with Gasteiger partial charge in [0.25, 0.3) is 0 Å². The number of hydrogen-bond donors (Lipinski definition) is 2. The number of hydrogen-bond acceptors (Lipinski definition) is 2. The Morgan fingerprint density at radius 1 is 0.571 bits per heavy atom. The summed E-state index contributed by atoms with van der Waals surface area (Å²) in [4.78, 5) is 4.00. The summed E-state index contributed by atoms with van der Waals surface area (Å²) in [7, 11) is 0. The number of rotatable bonds is 6. The predicted molar refractivity (Wildman–Crippen MR) is 135 cm³/mol. The first-order chi connectivity index (χ1) is 13.5. The van der Waals surface area contributed by atoms with E-state index < -0.39 is 0 Å². The Kier molecular flexibility index (Phi) is 7.50. The van der Waals surface area contributed by atoms with Crippen LogP contribution in [0.2, 0.25) is 0 Å². The molecule has 0 unspecified atom stereocenters. The highest BCUT2D eigenvalue weighted by molar-refractivity contribution is 8.11. The molecular weight excluding hydrogens is 421 g/mol. The van der Waals surface area contributed by atoms with Crippen molar-refractivity contribution in [1.29, 1.82) is 0 Å². The zero-order valence-electron chi connectivity index (χ0n) is 15.1. The van der Waals surface area contributed by atoms with Crippen LogP contribution in [0.5, 0.6) is 0 Å². The molecule has 0 aliphatic rings. The Morgan fingerprint density at radius 2 is 0.893 bits per heavy atom. The largest absolute Gasteiger partial charge is 0.323 e. The molecule has 0 aromatic heterocycles. The molecule has 142 valence electrons. The molecule has 0 amide bonds. The van der Waals surface area contributed by atoms with Gasteiger partial charge < -0.3 is 9.80 Å². The number of nitrogens with zero attached hydrogens (tertiary/aromatic N) is 2. The molecule has 3 aromatic carbocycles. The zero-order chi connectivity index (χ0) is 19.9. The van der Waals surface area contributed by atoms with Crippen molar-refractivity contribution in [2.75, 3.05) is 9.80 Å². The van der Waals surface area contributed by atoms with Gasteiger partial charge in [0.1, 0.15) is 8.64 Å². The maximum absolute atomic E-state index is 5.36. The average Bonchev–Trinajstić information content (AvgIpc) is 2.72. The number of anilines is 2. The van der Waals surface area contributed by atoms with E-state index in [2.05, 4.69) is 49.5 Å². The first kappa shape index (κ1) is 20.9. The quantitative estimate of drug-likeness (QED) is 0.351. The van der Waals surface area contributed by atoms with Crippen LogP contribution in [0.15, 0.2) is 84.9 Å². The maximum Gasteiger partial charge on any atom is 0.138 e. The highest BCUT2D eigenvalue weighted by Gasteiger charge is 2.13. The summed E-state index contributed by atoms with van der Waals surface area (Å²) in [6.45, 7) is 1.34. The van der Waals surface area contributed by atoms with Crippen LogP contribution in [-0.4, -0.2) is 8.64 Å². The van der Waals surface area contributed by atoms with E-state index in [4.69, 9.17) is 24.4 Å². The van der Waals surface area contributed by atoms with Crippen LogP contribution in [0.25, 0.3) is 0 Å². The van der Waals surface area contributed by atoms with Gasteiger partial charge in [0, 0.05) is 24.5 Å². The molecule has 0 N–H and O–H groups in total. The summed E-state index contributed by atoms with van der Waals surface area (Å²) in [5.74, 6) is 0. The minimum absolute atomic E-state index is 0.530. The molecule has 0 saturated heterocycles. The second-order valence-corrected chi connectivity index (χ2v) is 8.45. The third-order valence-electron chi connectivity index (χ3n) is 4.30. The van der Waals surface area contributed by atoms with Crippen molar-refractivity contribution >= 4 is 69.7 Å². The molecule has 0 saturated carbocycles. The van der Waals surface area contributed by atoms with E-state index in [9.17, 15) is 0 Å². The molecule has 0 aliphatic carbocycles. The lowest BCUT2D eigenvalue weighted by Crippen LogP contribution is -2.26. The van der Waals surface area contributed by atoms with E-state index in [1.807, 2.05) is 70.5 Å². The molecule has 0 atom stereocenters. The first-order valence-electron chi connectivity index (χ1n) is 8.73. The van der Waals surface area contributed by atoms with Gasteiger partial charge in [0.05, 0.1) is 0 Å². The summed E-state index contributed by atoms with van der Waals surface area (Å²) in [6.07, 6.45) is 0. The van der Waals surface area contributed by atoms with Crippen molar-refractivity contribution < 1.29 is 0 Å². The van der Waals surface area contributed by atoms with Crippen LogP contribution in [-0.2, 0) is 13.1 Å². The van der Waals surface area contributed by atoms with E-state index in [1.54, 1.807) is 0 Å². The van der Waals surface area contributed by atoms with E-state index in [0.717, 1.165) is 11.4 Å². The van der Waals surface area contributed by atoms with Crippen LogP contribution in [0.1, 0.15) is 11.1 Å². The van der Waals surface area contributed by atoms with Gasteiger partial charge in [0.15, 0.2) is 0 Å². The van der Waals surface area contributed by atoms with E-state index in [-0.39, 0.29) is 0 Å². The smallest absolute Gasteiger partial charge is 0.138 e. The first-order valence-corrected chi connectivity index (χ1v) is 10.4. The van der Waals surface area contributed by atoms with E-state index >= 15 is 0 Å². The fourth-order valence-corrected chi connectivity index (χ4v) is 3.60. The Morgan fingerprint density at radius 3 is 1.18 bits per heavy atom. The van der Waals surface area contributed by atoms with Crippen LogP contribution in [0, 0.1) is 0 Å². The normalized spacial score (nSPS) is 10.4. The highest BCUT2D eigenvalue weighted by Crippen LogP contribution is 2.25. The molecule has 2 nitrogen and oxygen atoms in total. The number of thiocarbonyl (C=S) groups is 2. The van der Waals surface area contributed by atoms with Gasteiger partial charge in [0.2, 0.25) is 0 Å². The molecule has 0 bridgehead atoms. The molecule has 0 heterocycles. The highest BCUT2D eigenvalue weighted by atomic mass is 32.1. The lowest BCUT2D eigenvalue weighted by molar-refractivity contribution is 1.01. The summed E-state index contributed by atoms with van der Waals surface area (Å²) in [6, 6.07) is 28.5. The minimum Gasteiger partial charge on any atom is -0.323 e. The third-order valence-corrected chi connectivity index (χ3v) is 5.23. The van der Waals surface area contributed by atoms with Gasteiger partial charge >= 0.3 is 0 Å². The average molecular weight is 441 g/mol. The molecule has 0 fully saturated rings. The minimum atomic E-state index is 0.530. The maximum atomic E-state index is 5.36. The van der Waals surface area contributed by atoms with Gasteiger partial charge in [-0.05, 0) is 35.4 Å². The van der Waals surface area contributed by atoms with Crippen molar-refractivity contribution in [3.63, 3.8) is 0 Å². The SMILES string of the molecule is S=C(S)N(Cc1ccccc1)c1ccc(N(Cc2ccccc2)C(=S)S)cc1. The topological polar surface area (TPSA) is 6.48 Å². The second-order valence-electron chi connectivity index (χ2n) is 6.23. The van der Waals surface area contributed by atoms with Crippen LogP contribution >= 0.6 is 49.7 Å². The van der Waals surface area contributed by atoms with Crippen molar-refractivity contribution in [3.05, 3.63) is 96.1 Å².